The van der Waals surface area contributed by atoms with E-state index in [4.69, 9.17) is 4.74 Å². The van der Waals surface area contributed by atoms with Crippen LogP contribution in [0, 0.1) is 0 Å². The Labute approximate surface area is 119 Å². The van der Waals surface area contributed by atoms with E-state index in [-0.39, 0.29) is 6.04 Å². The van der Waals surface area contributed by atoms with Crippen molar-refractivity contribution in [1.29, 1.82) is 0 Å². The summed E-state index contributed by atoms with van der Waals surface area (Å²) < 4.78 is 7.07. The molecule has 0 radical (unpaired) electrons. The molecule has 0 aliphatic heterocycles. The molecule has 0 spiro atoms. The molecule has 1 heterocycles. The SMILES string of the molecule is CCOCC(C)NC(C)c1cccc(-n2cnnn2)c1. The smallest absolute Gasteiger partial charge is 0.143 e. The van der Waals surface area contributed by atoms with Crippen LogP contribution in [-0.2, 0) is 4.74 Å². The number of nitrogens with zero attached hydrogens (tertiary/aromatic N) is 4. The topological polar surface area (TPSA) is 64.9 Å². The third-order valence-corrected chi connectivity index (χ3v) is 3.09. The van der Waals surface area contributed by atoms with Crippen molar-refractivity contribution in [3.8, 4) is 5.69 Å². The number of rotatable bonds is 7. The molecular formula is C14H21N5O. The van der Waals surface area contributed by atoms with Crippen LogP contribution in [-0.4, -0.2) is 39.5 Å². The molecule has 2 rings (SSSR count). The van der Waals surface area contributed by atoms with Crippen molar-refractivity contribution in [2.75, 3.05) is 13.2 Å². The summed E-state index contributed by atoms with van der Waals surface area (Å²) in [5.74, 6) is 0. The number of nitrogens with one attached hydrogen (secondary N) is 1. The minimum absolute atomic E-state index is 0.238. The van der Waals surface area contributed by atoms with Crippen molar-refractivity contribution >= 4 is 0 Å². The quantitative estimate of drug-likeness (QED) is 0.833. The van der Waals surface area contributed by atoms with Crippen molar-refractivity contribution in [2.24, 2.45) is 0 Å². The van der Waals surface area contributed by atoms with Crippen molar-refractivity contribution < 1.29 is 4.74 Å². The molecule has 0 bridgehead atoms. The first-order chi connectivity index (χ1) is 9.70. The lowest BCUT2D eigenvalue weighted by molar-refractivity contribution is 0.124. The lowest BCUT2D eigenvalue weighted by Gasteiger charge is -2.20. The highest BCUT2D eigenvalue weighted by Gasteiger charge is 2.10. The van der Waals surface area contributed by atoms with Gasteiger partial charge in [-0.25, -0.2) is 4.68 Å². The van der Waals surface area contributed by atoms with Crippen molar-refractivity contribution in [1.82, 2.24) is 25.5 Å². The Morgan fingerprint density at radius 3 is 2.90 bits per heavy atom. The van der Waals surface area contributed by atoms with Gasteiger partial charge in [-0.05, 0) is 48.9 Å². The van der Waals surface area contributed by atoms with Crippen LogP contribution in [0.1, 0.15) is 32.4 Å². The van der Waals surface area contributed by atoms with Gasteiger partial charge in [0.05, 0.1) is 12.3 Å². The van der Waals surface area contributed by atoms with E-state index in [1.165, 1.54) is 5.56 Å². The molecule has 0 fully saturated rings. The van der Waals surface area contributed by atoms with Crippen LogP contribution >= 0.6 is 0 Å². The predicted molar refractivity (Wildman–Crippen MR) is 76.7 cm³/mol. The zero-order chi connectivity index (χ0) is 14.4. The fraction of sp³-hybridized carbons (Fsp3) is 0.500. The van der Waals surface area contributed by atoms with Crippen LogP contribution in [0.3, 0.4) is 0 Å². The van der Waals surface area contributed by atoms with Gasteiger partial charge in [-0.1, -0.05) is 12.1 Å². The first-order valence-electron chi connectivity index (χ1n) is 6.87. The number of benzene rings is 1. The predicted octanol–water partition coefficient (Wildman–Crippen LogP) is 1.74. The molecule has 2 atom stereocenters. The van der Waals surface area contributed by atoms with Crippen LogP contribution in [0.4, 0.5) is 0 Å². The maximum atomic E-state index is 5.42. The minimum Gasteiger partial charge on any atom is -0.380 e. The lowest BCUT2D eigenvalue weighted by atomic mass is 10.1. The van der Waals surface area contributed by atoms with E-state index >= 15 is 0 Å². The summed E-state index contributed by atoms with van der Waals surface area (Å²) in [5, 5.41) is 14.7. The van der Waals surface area contributed by atoms with Gasteiger partial charge in [0.1, 0.15) is 6.33 Å². The van der Waals surface area contributed by atoms with E-state index in [2.05, 4.69) is 46.8 Å². The molecule has 0 saturated carbocycles. The molecule has 108 valence electrons. The highest BCUT2D eigenvalue weighted by molar-refractivity contribution is 5.35. The lowest BCUT2D eigenvalue weighted by Crippen LogP contribution is -2.32. The third-order valence-electron chi connectivity index (χ3n) is 3.09. The Kier molecular flexibility index (Phi) is 5.20. The van der Waals surface area contributed by atoms with E-state index in [0.717, 1.165) is 12.3 Å². The average molecular weight is 275 g/mol. The Hall–Kier alpha value is -1.79. The average Bonchev–Trinajstić information content (AvgIpc) is 2.99. The molecule has 1 N–H and O–H groups in total. The van der Waals surface area contributed by atoms with Crippen LogP contribution in [0.15, 0.2) is 30.6 Å². The number of hydrogen-bond donors (Lipinski definition) is 1. The van der Waals surface area contributed by atoms with Gasteiger partial charge in [0, 0.05) is 18.7 Å². The summed E-state index contributed by atoms with van der Waals surface area (Å²) in [7, 11) is 0. The number of ether oxygens (including phenoxy) is 1. The van der Waals surface area contributed by atoms with Gasteiger partial charge in [0.25, 0.3) is 0 Å². The summed E-state index contributed by atoms with van der Waals surface area (Å²) >= 11 is 0. The van der Waals surface area contributed by atoms with E-state index in [1.54, 1.807) is 11.0 Å². The molecule has 2 aromatic rings. The maximum absolute atomic E-state index is 5.42. The van der Waals surface area contributed by atoms with Gasteiger partial charge < -0.3 is 10.1 Å². The Bertz CT molecular complexity index is 514. The number of tetrazole rings is 1. The molecule has 0 amide bonds. The molecular weight excluding hydrogens is 254 g/mol. The fourth-order valence-corrected chi connectivity index (χ4v) is 2.08. The highest BCUT2D eigenvalue weighted by Crippen LogP contribution is 2.16. The van der Waals surface area contributed by atoms with E-state index in [9.17, 15) is 0 Å². The summed E-state index contributed by atoms with van der Waals surface area (Å²) in [5.41, 5.74) is 2.15. The monoisotopic (exact) mass is 275 g/mol. The number of aromatic nitrogens is 4. The molecule has 2 unspecified atom stereocenters. The highest BCUT2D eigenvalue weighted by atomic mass is 16.5. The Morgan fingerprint density at radius 1 is 1.35 bits per heavy atom. The van der Waals surface area contributed by atoms with Gasteiger partial charge in [-0.2, -0.15) is 0 Å². The van der Waals surface area contributed by atoms with Gasteiger partial charge in [0.15, 0.2) is 0 Å². The van der Waals surface area contributed by atoms with Gasteiger partial charge >= 0.3 is 0 Å². The van der Waals surface area contributed by atoms with Gasteiger partial charge in [0.2, 0.25) is 0 Å². The van der Waals surface area contributed by atoms with Crippen LogP contribution < -0.4 is 5.32 Å². The summed E-state index contributed by atoms with van der Waals surface area (Å²) in [4.78, 5) is 0. The van der Waals surface area contributed by atoms with E-state index in [1.807, 2.05) is 19.1 Å². The molecule has 0 aliphatic rings. The normalized spacial score (nSPS) is 14.2. The molecule has 1 aromatic heterocycles. The molecule has 20 heavy (non-hydrogen) atoms. The van der Waals surface area contributed by atoms with Crippen LogP contribution in [0.5, 0.6) is 0 Å². The van der Waals surface area contributed by atoms with Crippen LogP contribution in [0.2, 0.25) is 0 Å². The van der Waals surface area contributed by atoms with Crippen molar-refractivity contribution in [3.63, 3.8) is 0 Å². The molecule has 6 heteroatoms. The van der Waals surface area contributed by atoms with Crippen molar-refractivity contribution in [3.05, 3.63) is 36.2 Å². The first-order valence-corrected chi connectivity index (χ1v) is 6.87. The molecule has 6 nitrogen and oxygen atoms in total. The van der Waals surface area contributed by atoms with Crippen molar-refractivity contribution in [2.45, 2.75) is 32.9 Å². The second-order valence-electron chi connectivity index (χ2n) is 4.80. The second kappa shape index (κ2) is 7.12. The molecule has 0 aliphatic carbocycles. The number of hydrogen-bond acceptors (Lipinski definition) is 5. The standard InChI is InChI=1S/C14H21N5O/c1-4-20-9-11(2)16-12(3)13-6-5-7-14(8-13)19-10-15-17-18-19/h5-8,10-12,16H,4,9H2,1-3H3. The summed E-state index contributed by atoms with van der Waals surface area (Å²) in [6.45, 7) is 7.73. The first kappa shape index (κ1) is 14.6. The van der Waals surface area contributed by atoms with Gasteiger partial charge in [-0.15, -0.1) is 5.10 Å². The largest absolute Gasteiger partial charge is 0.380 e. The van der Waals surface area contributed by atoms with E-state index in [0.29, 0.717) is 12.6 Å². The maximum Gasteiger partial charge on any atom is 0.143 e. The molecule has 1 aromatic carbocycles. The van der Waals surface area contributed by atoms with Crippen LogP contribution in [0.25, 0.3) is 5.69 Å². The zero-order valence-corrected chi connectivity index (χ0v) is 12.2. The van der Waals surface area contributed by atoms with E-state index < -0.39 is 0 Å². The summed E-state index contributed by atoms with van der Waals surface area (Å²) in [6, 6.07) is 8.72. The third kappa shape index (κ3) is 3.85. The fourth-order valence-electron chi connectivity index (χ4n) is 2.08. The molecule has 0 saturated heterocycles. The second-order valence-corrected chi connectivity index (χ2v) is 4.80. The minimum atomic E-state index is 0.238. The Morgan fingerprint density at radius 2 is 2.20 bits per heavy atom. The van der Waals surface area contributed by atoms with Gasteiger partial charge in [-0.3, -0.25) is 0 Å². The zero-order valence-electron chi connectivity index (χ0n) is 12.2. The Balaban J connectivity index is 2.03. The summed E-state index contributed by atoms with van der Waals surface area (Å²) in [6.07, 6.45) is 1.59.